The lowest BCUT2D eigenvalue weighted by Gasteiger charge is -2.23. The lowest BCUT2D eigenvalue weighted by Crippen LogP contribution is -2.48. The molecule has 2 aromatic rings. The lowest BCUT2D eigenvalue weighted by molar-refractivity contribution is -0.153. The molecule has 0 bridgehead atoms. The number of rotatable bonds is 5. The Kier molecular flexibility index (Phi) is 6.56. The zero-order valence-electron chi connectivity index (χ0n) is 17.2. The molecule has 7 nitrogen and oxygen atoms in total. The van der Waals surface area contributed by atoms with Gasteiger partial charge in [0.25, 0.3) is 5.91 Å². The Morgan fingerprint density at radius 1 is 1.14 bits per heavy atom. The van der Waals surface area contributed by atoms with Crippen LogP contribution in [0.3, 0.4) is 0 Å². The van der Waals surface area contributed by atoms with Crippen molar-refractivity contribution in [2.45, 2.75) is 71.4 Å². The smallest absolute Gasteiger partial charge is 0.321 e. The molecule has 3 amide bonds. The summed E-state index contributed by atoms with van der Waals surface area (Å²) in [5, 5.41) is 5.91. The van der Waals surface area contributed by atoms with Gasteiger partial charge in [0.1, 0.15) is 5.58 Å². The minimum atomic E-state index is -1.07. The van der Waals surface area contributed by atoms with Crippen molar-refractivity contribution in [3.8, 4) is 0 Å². The molecule has 1 aliphatic rings. The van der Waals surface area contributed by atoms with Crippen molar-refractivity contribution in [2.75, 3.05) is 0 Å². The van der Waals surface area contributed by atoms with Crippen LogP contribution in [0.4, 0.5) is 4.79 Å². The first-order chi connectivity index (χ1) is 13.8. The standard InChI is InChI=1S/C22H28N2O5/c1-13-9-18-16(12-28-19(18)10-14(13)2)11-20(25)29-15(3)21(26)24-22(27)23-17-7-5-4-6-8-17/h9-10,12,15,17H,4-8,11H2,1-3H3,(H2,23,24,26,27)/t15-/m1/s1. The van der Waals surface area contributed by atoms with Crippen LogP contribution in [0, 0.1) is 13.8 Å². The molecule has 1 aromatic carbocycles. The Morgan fingerprint density at radius 2 is 1.83 bits per heavy atom. The first-order valence-corrected chi connectivity index (χ1v) is 10.1. The maximum atomic E-state index is 12.3. The van der Waals surface area contributed by atoms with Gasteiger partial charge in [0.2, 0.25) is 0 Å². The first-order valence-electron chi connectivity index (χ1n) is 10.1. The number of furan rings is 1. The molecule has 2 N–H and O–H groups in total. The predicted octanol–water partition coefficient (Wildman–Crippen LogP) is 3.68. The zero-order valence-corrected chi connectivity index (χ0v) is 17.2. The molecule has 0 spiro atoms. The maximum Gasteiger partial charge on any atom is 0.321 e. The highest BCUT2D eigenvalue weighted by molar-refractivity contribution is 5.97. The fourth-order valence-corrected chi connectivity index (χ4v) is 3.60. The van der Waals surface area contributed by atoms with Gasteiger partial charge in [0.15, 0.2) is 6.10 Å². The number of ether oxygens (including phenoxy) is 1. The van der Waals surface area contributed by atoms with Crippen LogP contribution in [-0.2, 0) is 20.7 Å². The van der Waals surface area contributed by atoms with Crippen molar-refractivity contribution in [1.82, 2.24) is 10.6 Å². The van der Waals surface area contributed by atoms with Crippen LogP contribution in [-0.4, -0.2) is 30.1 Å². The van der Waals surface area contributed by atoms with Gasteiger partial charge < -0.3 is 14.5 Å². The minimum Gasteiger partial charge on any atom is -0.464 e. The molecule has 7 heteroatoms. The molecule has 29 heavy (non-hydrogen) atoms. The molecule has 1 saturated carbocycles. The van der Waals surface area contributed by atoms with Crippen LogP contribution in [0.1, 0.15) is 55.7 Å². The van der Waals surface area contributed by atoms with E-state index in [1.54, 1.807) is 0 Å². The van der Waals surface area contributed by atoms with Crippen LogP contribution in [0.15, 0.2) is 22.8 Å². The Labute approximate surface area is 170 Å². The highest BCUT2D eigenvalue weighted by atomic mass is 16.5. The van der Waals surface area contributed by atoms with Gasteiger partial charge in [0, 0.05) is 17.0 Å². The number of hydrogen-bond acceptors (Lipinski definition) is 5. The lowest BCUT2D eigenvalue weighted by atomic mass is 9.96. The summed E-state index contributed by atoms with van der Waals surface area (Å²) in [4.78, 5) is 36.4. The topological polar surface area (TPSA) is 97.6 Å². The molecule has 0 radical (unpaired) electrons. The summed E-state index contributed by atoms with van der Waals surface area (Å²) in [6.45, 7) is 5.44. The Bertz CT molecular complexity index is 911. The van der Waals surface area contributed by atoms with Gasteiger partial charge in [-0.3, -0.25) is 14.9 Å². The first kappa shape index (κ1) is 20.9. The Balaban J connectivity index is 1.51. The van der Waals surface area contributed by atoms with E-state index in [0.717, 1.165) is 42.2 Å². The van der Waals surface area contributed by atoms with E-state index in [1.807, 2.05) is 26.0 Å². The number of carbonyl (C=O) groups excluding carboxylic acids is 3. The quantitative estimate of drug-likeness (QED) is 0.746. The molecule has 1 fully saturated rings. The van der Waals surface area contributed by atoms with Gasteiger partial charge in [-0.2, -0.15) is 0 Å². The number of nitrogens with one attached hydrogen (secondary N) is 2. The summed E-state index contributed by atoms with van der Waals surface area (Å²) in [5.74, 6) is -1.20. The van der Waals surface area contributed by atoms with Gasteiger partial charge in [-0.15, -0.1) is 0 Å². The predicted molar refractivity (Wildman–Crippen MR) is 108 cm³/mol. The molecular weight excluding hydrogens is 372 g/mol. The number of aryl methyl sites for hydroxylation is 2. The fraction of sp³-hybridized carbons (Fsp3) is 0.500. The highest BCUT2D eigenvalue weighted by Gasteiger charge is 2.23. The molecule has 156 valence electrons. The second-order valence-corrected chi connectivity index (χ2v) is 7.80. The number of esters is 1. The van der Waals surface area contributed by atoms with Crippen molar-refractivity contribution in [3.05, 3.63) is 35.1 Å². The number of benzene rings is 1. The van der Waals surface area contributed by atoms with Crippen molar-refractivity contribution in [1.29, 1.82) is 0 Å². The van der Waals surface area contributed by atoms with E-state index >= 15 is 0 Å². The third kappa shape index (κ3) is 5.37. The zero-order chi connectivity index (χ0) is 21.0. The van der Waals surface area contributed by atoms with E-state index in [0.29, 0.717) is 11.1 Å². The maximum absolute atomic E-state index is 12.3. The number of carbonyl (C=O) groups is 3. The molecule has 0 saturated heterocycles. The number of urea groups is 1. The molecule has 1 aliphatic carbocycles. The molecule has 1 heterocycles. The van der Waals surface area contributed by atoms with E-state index in [1.165, 1.54) is 19.6 Å². The van der Waals surface area contributed by atoms with E-state index in [-0.39, 0.29) is 12.5 Å². The fourth-order valence-electron chi connectivity index (χ4n) is 3.60. The van der Waals surface area contributed by atoms with Gasteiger partial charge in [-0.1, -0.05) is 19.3 Å². The van der Waals surface area contributed by atoms with Crippen LogP contribution in [0.5, 0.6) is 0 Å². The Morgan fingerprint density at radius 3 is 2.55 bits per heavy atom. The summed E-state index contributed by atoms with van der Waals surface area (Å²) >= 11 is 0. The third-order valence-corrected chi connectivity index (χ3v) is 5.46. The normalized spacial score (nSPS) is 15.7. The second kappa shape index (κ2) is 9.11. The average molecular weight is 400 g/mol. The van der Waals surface area contributed by atoms with Gasteiger partial charge in [-0.05, 0) is 56.9 Å². The molecular formula is C22H28N2O5. The summed E-state index contributed by atoms with van der Waals surface area (Å²) < 4.78 is 10.7. The van der Waals surface area contributed by atoms with Crippen molar-refractivity contribution in [2.24, 2.45) is 0 Å². The molecule has 1 atom stereocenters. The summed E-state index contributed by atoms with van der Waals surface area (Å²) in [6.07, 6.45) is 5.63. The van der Waals surface area contributed by atoms with E-state index in [2.05, 4.69) is 10.6 Å². The number of fused-ring (bicyclic) bond motifs is 1. The monoisotopic (exact) mass is 400 g/mol. The van der Waals surface area contributed by atoms with Gasteiger partial charge in [-0.25, -0.2) is 4.79 Å². The summed E-state index contributed by atoms with van der Waals surface area (Å²) in [6, 6.07) is 3.45. The summed E-state index contributed by atoms with van der Waals surface area (Å²) in [5.41, 5.74) is 3.62. The van der Waals surface area contributed by atoms with Crippen molar-refractivity contribution < 1.29 is 23.5 Å². The van der Waals surface area contributed by atoms with Crippen LogP contribution in [0.2, 0.25) is 0 Å². The number of imide groups is 1. The van der Waals surface area contributed by atoms with E-state index < -0.39 is 24.0 Å². The Hall–Kier alpha value is -2.83. The van der Waals surface area contributed by atoms with Crippen molar-refractivity contribution >= 4 is 28.9 Å². The SMILES string of the molecule is Cc1cc2occ(CC(=O)O[C@H](C)C(=O)NC(=O)NC3CCCCC3)c2cc1C. The third-order valence-electron chi connectivity index (χ3n) is 5.46. The molecule has 3 rings (SSSR count). The number of hydrogen-bond donors (Lipinski definition) is 2. The summed E-state index contributed by atoms with van der Waals surface area (Å²) in [7, 11) is 0. The molecule has 0 aliphatic heterocycles. The molecule has 1 aromatic heterocycles. The largest absolute Gasteiger partial charge is 0.464 e. The van der Waals surface area contributed by atoms with Crippen LogP contribution in [0.25, 0.3) is 11.0 Å². The molecule has 0 unspecified atom stereocenters. The van der Waals surface area contributed by atoms with Gasteiger partial charge >= 0.3 is 12.0 Å². The van der Waals surface area contributed by atoms with Crippen LogP contribution < -0.4 is 10.6 Å². The minimum absolute atomic E-state index is 0.0125. The van der Waals surface area contributed by atoms with Gasteiger partial charge in [0.05, 0.1) is 12.7 Å². The second-order valence-electron chi connectivity index (χ2n) is 7.80. The highest BCUT2D eigenvalue weighted by Crippen LogP contribution is 2.25. The van der Waals surface area contributed by atoms with E-state index in [9.17, 15) is 14.4 Å². The van der Waals surface area contributed by atoms with Crippen LogP contribution >= 0.6 is 0 Å². The van der Waals surface area contributed by atoms with Crippen molar-refractivity contribution in [3.63, 3.8) is 0 Å². The average Bonchev–Trinajstić information content (AvgIpc) is 3.04. The number of amides is 3. The van der Waals surface area contributed by atoms with E-state index in [4.69, 9.17) is 9.15 Å².